The van der Waals surface area contributed by atoms with Gasteiger partial charge in [0, 0.05) is 6.20 Å². The fourth-order valence-corrected chi connectivity index (χ4v) is 2.43. The topological polar surface area (TPSA) is 30.0 Å². The lowest BCUT2D eigenvalue weighted by Crippen LogP contribution is -2.15. The van der Waals surface area contributed by atoms with Crippen LogP contribution in [0.2, 0.25) is 0 Å². The molecule has 0 radical (unpaired) electrons. The zero-order chi connectivity index (χ0) is 13.8. The summed E-state index contributed by atoms with van der Waals surface area (Å²) in [4.78, 5) is 16.1. The first-order valence-corrected chi connectivity index (χ1v) is 6.53. The Morgan fingerprint density at radius 3 is 2.74 bits per heavy atom. The molecule has 98 valence electrons. The van der Waals surface area contributed by atoms with Crippen LogP contribution in [0.5, 0.6) is 0 Å². The van der Waals surface area contributed by atoms with Gasteiger partial charge in [-0.2, -0.15) is 0 Å². The third-order valence-corrected chi connectivity index (χ3v) is 3.55. The minimum atomic E-state index is -0.708. The predicted molar refractivity (Wildman–Crippen MR) is 70.2 cm³/mol. The third kappa shape index (κ3) is 3.38. The molecule has 1 unspecified atom stereocenters. The predicted octanol–water partition coefficient (Wildman–Crippen LogP) is 3.72. The van der Waals surface area contributed by atoms with Gasteiger partial charge in [0.2, 0.25) is 0 Å². The molecule has 0 aliphatic rings. The van der Waals surface area contributed by atoms with E-state index < -0.39 is 22.7 Å². The highest BCUT2D eigenvalue weighted by atomic mass is 32.2. The van der Waals surface area contributed by atoms with Crippen molar-refractivity contribution in [2.75, 3.05) is 0 Å². The van der Waals surface area contributed by atoms with Crippen LogP contribution < -0.4 is 0 Å². The van der Waals surface area contributed by atoms with E-state index in [2.05, 4.69) is 4.98 Å². The molecule has 1 atom stereocenters. The number of carbonyl (C=O) groups excluding carboxylic acids is 1. The molecule has 1 aromatic carbocycles. The summed E-state index contributed by atoms with van der Waals surface area (Å²) in [5.74, 6) is -1.78. The van der Waals surface area contributed by atoms with Gasteiger partial charge >= 0.3 is 0 Å². The van der Waals surface area contributed by atoms with Gasteiger partial charge in [0.05, 0.1) is 15.8 Å². The van der Waals surface area contributed by atoms with Crippen LogP contribution in [0.3, 0.4) is 0 Å². The highest BCUT2D eigenvalue weighted by Gasteiger charge is 2.20. The van der Waals surface area contributed by atoms with Crippen molar-refractivity contribution in [3.63, 3.8) is 0 Å². The van der Waals surface area contributed by atoms with Crippen molar-refractivity contribution in [1.29, 1.82) is 0 Å². The quantitative estimate of drug-likeness (QED) is 0.631. The number of carbonyl (C=O) groups is 1. The van der Waals surface area contributed by atoms with Gasteiger partial charge < -0.3 is 0 Å². The monoisotopic (exact) mass is 279 g/mol. The first kappa shape index (κ1) is 13.7. The van der Waals surface area contributed by atoms with Gasteiger partial charge in [-0.05, 0) is 37.3 Å². The van der Waals surface area contributed by atoms with Crippen LogP contribution in [-0.2, 0) is 0 Å². The molecular formula is C14H11F2NOS. The van der Waals surface area contributed by atoms with Gasteiger partial charge in [0.1, 0.15) is 11.6 Å². The van der Waals surface area contributed by atoms with E-state index in [0.717, 1.165) is 18.2 Å². The lowest BCUT2D eigenvalue weighted by Gasteiger charge is -2.10. The number of rotatable bonds is 4. The Balaban J connectivity index is 2.17. The minimum Gasteiger partial charge on any atom is -0.293 e. The third-order valence-electron chi connectivity index (χ3n) is 2.50. The van der Waals surface area contributed by atoms with Crippen LogP contribution >= 0.6 is 11.8 Å². The van der Waals surface area contributed by atoms with Crippen LogP contribution in [0.15, 0.2) is 47.6 Å². The molecule has 2 aromatic rings. The van der Waals surface area contributed by atoms with Crippen LogP contribution in [0.1, 0.15) is 17.3 Å². The summed E-state index contributed by atoms with van der Waals surface area (Å²) in [5, 5.41) is 0.131. The molecule has 2 nitrogen and oxygen atoms in total. The summed E-state index contributed by atoms with van der Waals surface area (Å²) < 4.78 is 26.6. The molecule has 0 spiro atoms. The number of pyridine rings is 1. The second-order valence-corrected chi connectivity index (χ2v) is 5.28. The lowest BCUT2D eigenvalue weighted by atomic mass is 10.1. The van der Waals surface area contributed by atoms with Crippen molar-refractivity contribution in [3.8, 4) is 0 Å². The highest BCUT2D eigenvalue weighted by Crippen LogP contribution is 2.24. The zero-order valence-corrected chi connectivity index (χ0v) is 11.0. The number of Topliss-reactive ketones (excluding diaryl/α,β-unsaturated/α-hetero) is 1. The minimum absolute atomic E-state index is 0.226. The van der Waals surface area contributed by atoms with E-state index in [-0.39, 0.29) is 5.56 Å². The number of aromatic nitrogens is 1. The molecule has 0 aliphatic carbocycles. The van der Waals surface area contributed by atoms with Gasteiger partial charge in [-0.15, -0.1) is 0 Å². The summed E-state index contributed by atoms with van der Waals surface area (Å²) in [5.41, 5.74) is -0.226. The standard InChI is InChI=1S/C14H11F2NOS/c1-9(19-13-4-2-3-7-17-13)14(18)11-8-10(15)5-6-12(11)16/h2-9H,1H3. The number of hydrogen-bond donors (Lipinski definition) is 0. The van der Waals surface area contributed by atoms with Crippen LogP contribution in [0.25, 0.3) is 0 Å². The van der Waals surface area contributed by atoms with Crippen LogP contribution in [0, 0.1) is 11.6 Å². The maximum absolute atomic E-state index is 13.5. The van der Waals surface area contributed by atoms with E-state index in [1.807, 2.05) is 0 Å². The molecule has 2 rings (SSSR count). The van der Waals surface area contributed by atoms with Gasteiger partial charge in [-0.3, -0.25) is 4.79 Å². The summed E-state index contributed by atoms with van der Waals surface area (Å²) >= 11 is 1.21. The van der Waals surface area contributed by atoms with E-state index in [9.17, 15) is 13.6 Å². The Bertz CT molecular complexity index is 589. The van der Waals surface area contributed by atoms with Crippen LogP contribution in [0.4, 0.5) is 8.78 Å². The maximum Gasteiger partial charge on any atom is 0.178 e. The Labute approximate surface area is 113 Å². The van der Waals surface area contributed by atoms with E-state index >= 15 is 0 Å². The number of benzene rings is 1. The Kier molecular flexibility index (Phi) is 4.27. The van der Waals surface area contributed by atoms with Gasteiger partial charge in [0.15, 0.2) is 5.78 Å². The molecule has 5 heteroatoms. The number of halogens is 2. The van der Waals surface area contributed by atoms with Crippen molar-refractivity contribution in [3.05, 3.63) is 59.8 Å². The molecule has 0 saturated heterocycles. The van der Waals surface area contributed by atoms with Crippen molar-refractivity contribution in [1.82, 2.24) is 4.98 Å². The van der Waals surface area contributed by atoms with Crippen molar-refractivity contribution >= 4 is 17.5 Å². The molecule has 0 aliphatic heterocycles. The molecule has 0 saturated carbocycles. The first-order valence-electron chi connectivity index (χ1n) is 5.65. The Morgan fingerprint density at radius 1 is 1.26 bits per heavy atom. The lowest BCUT2D eigenvalue weighted by molar-refractivity contribution is 0.0989. The van der Waals surface area contributed by atoms with Crippen molar-refractivity contribution in [2.24, 2.45) is 0 Å². The van der Waals surface area contributed by atoms with Crippen LogP contribution in [-0.4, -0.2) is 16.0 Å². The van der Waals surface area contributed by atoms with Crippen molar-refractivity contribution in [2.45, 2.75) is 17.2 Å². The molecule has 19 heavy (non-hydrogen) atoms. The molecular weight excluding hydrogens is 268 g/mol. The first-order chi connectivity index (χ1) is 9.08. The second kappa shape index (κ2) is 5.93. The normalized spacial score (nSPS) is 12.2. The van der Waals surface area contributed by atoms with E-state index in [0.29, 0.717) is 5.03 Å². The Hall–Kier alpha value is -1.75. The van der Waals surface area contributed by atoms with E-state index in [4.69, 9.17) is 0 Å². The zero-order valence-electron chi connectivity index (χ0n) is 10.1. The molecule has 1 heterocycles. The second-order valence-electron chi connectivity index (χ2n) is 3.92. The molecule has 0 N–H and O–H groups in total. The van der Waals surface area contributed by atoms with E-state index in [1.165, 1.54) is 11.8 Å². The maximum atomic E-state index is 13.5. The summed E-state index contributed by atoms with van der Waals surface area (Å²) in [7, 11) is 0. The average Bonchev–Trinajstić information content (AvgIpc) is 2.42. The van der Waals surface area contributed by atoms with Gasteiger partial charge in [0.25, 0.3) is 0 Å². The van der Waals surface area contributed by atoms with Crippen molar-refractivity contribution < 1.29 is 13.6 Å². The molecule has 0 amide bonds. The summed E-state index contributed by atoms with van der Waals surface area (Å²) in [6.45, 7) is 1.64. The summed E-state index contributed by atoms with van der Waals surface area (Å²) in [6, 6.07) is 8.20. The molecule has 0 bridgehead atoms. The summed E-state index contributed by atoms with van der Waals surface area (Å²) in [6.07, 6.45) is 1.61. The SMILES string of the molecule is CC(Sc1ccccn1)C(=O)c1cc(F)ccc1F. The van der Waals surface area contributed by atoms with Gasteiger partial charge in [-0.1, -0.05) is 17.8 Å². The van der Waals surface area contributed by atoms with Gasteiger partial charge in [-0.25, -0.2) is 13.8 Å². The number of nitrogens with zero attached hydrogens (tertiary/aromatic N) is 1. The number of hydrogen-bond acceptors (Lipinski definition) is 3. The Morgan fingerprint density at radius 2 is 2.05 bits per heavy atom. The smallest absolute Gasteiger partial charge is 0.178 e. The number of thioether (sulfide) groups is 1. The molecule has 0 fully saturated rings. The largest absolute Gasteiger partial charge is 0.293 e. The van der Waals surface area contributed by atoms with E-state index in [1.54, 1.807) is 31.3 Å². The average molecular weight is 279 g/mol. The fourth-order valence-electron chi connectivity index (χ4n) is 1.56. The fraction of sp³-hybridized carbons (Fsp3) is 0.143. The highest BCUT2D eigenvalue weighted by molar-refractivity contribution is 8.00. The molecule has 1 aromatic heterocycles. The number of ketones is 1.